The third kappa shape index (κ3) is 4.36. The van der Waals surface area contributed by atoms with Gasteiger partial charge < -0.3 is 4.74 Å². The van der Waals surface area contributed by atoms with E-state index in [4.69, 9.17) is 4.74 Å². The minimum absolute atomic E-state index is 0.108. The quantitative estimate of drug-likeness (QED) is 0.682. The van der Waals surface area contributed by atoms with E-state index in [0.717, 1.165) is 14.3 Å². The van der Waals surface area contributed by atoms with Gasteiger partial charge in [0.05, 0.1) is 17.2 Å². The van der Waals surface area contributed by atoms with Gasteiger partial charge in [-0.15, -0.1) is 0 Å². The molecular weight excluding hydrogens is 394 g/mol. The van der Waals surface area contributed by atoms with Crippen LogP contribution in [0.15, 0.2) is 57.9 Å². The molecule has 0 aliphatic rings. The molecule has 0 bridgehead atoms. The standard InChI is InChI=1S/C17H18BrNO4S/c1-3-23-17(20)12-19(15-6-4-5-13(2)11-15)24(21,22)16-9-7-14(18)8-10-16/h4-11H,3,12H2,1-2H3. The van der Waals surface area contributed by atoms with Crippen LogP contribution in [0.4, 0.5) is 5.69 Å². The lowest BCUT2D eigenvalue weighted by Gasteiger charge is -2.24. The molecule has 0 amide bonds. The number of halogens is 1. The second-order valence-corrected chi connectivity index (χ2v) is 7.89. The number of carbonyl (C=O) groups excluding carboxylic acids is 1. The Balaban J connectivity index is 2.48. The van der Waals surface area contributed by atoms with Crippen LogP contribution in [0.5, 0.6) is 0 Å². The fourth-order valence-corrected chi connectivity index (χ4v) is 3.82. The molecule has 0 aliphatic carbocycles. The van der Waals surface area contributed by atoms with Crippen molar-refractivity contribution in [1.29, 1.82) is 0 Å². The molecule has 0 aliphatic heterocycles. The molecule has 0 N–H and O–H groups in total. The van der Waals surface area contributed by atoms with E-state index in [1.165, 1.54) is 12.1 Å². The Bertz CT molecular complexity index is 819. The zero-order valence-corrected chi connectivity index (χ0v) is 15.8. The Morgan fingerprint density at radius 1 is 1.17 bits per heavy atom. The molecule has 2 aromatic carbocycles. The second kappa shape index (κ2) is 7.81. The third-order valence-corrected chi connectivity index (χ3v) is 5.59. The molecule has 5 nitrogen and oxygen atoms in total. The first-order valence-electron chi connectivity index (χ1n) is 7.35. The average molecular weight is 412 g/mol. The van der Waals surface area contributed by atoms with Crippen molar-refractivity contribution in [3.05, 3.63) is 58.6 Å². The van der Waals surface area contributed by atoms with Crippen LogP contribution in [-0.4, -0.2) is 27.5 Å². The number of sulfonamides is 1. The number of nitrogens with zero attached hydrogens (tertiary/aromatic N) is 1. The van der Waals surface area contributed by atoms with Crippen molar-refractivity contribution in [2.24, 2.45) is 0 Å². The number of esters is 1. The molecule has 24 heavy (non-hydrogen) atoms. The Kier molecular flexibility index (Phi) is 6.01. The monoisotopic (exact) mass is 411 g/mol. The number of hydrogen-bond acceptors (Lipinski definition) is 4. The van der Waals surface area contributed by atoms with Gasteiger partial charge >= 0.3 is 5.97 Å². The Labute approximate surface area is 150 Å². The van der Waals surface area contributed by atoms with Crippen LogP contribution in [0.2, 0.25) is 0 Å². The minimum Gasteiger partial charge on any atom is -0.465 e. The topological polar surface area (TPSA) is 63.7 Å². The van der Waals surface area contributed by atoms with Crippen LogP contribution >= 0.6 is 15.9 Å². The molecule has 128 valence electrons. The second-order valence-electron chi connectivity index (χ2n) is 5.11. The first-order valence-corrected chi connectivity index (χ1v) is 9.58. The van der Waals surface area contributed by atoms with E-state index in [2.05, 4.69) is 15.9 Å². The molecule has 0 heterocycles. The maximum atomic E-state index is 13.0. The highest BCUT2D eigenvalue weighted by Gasteiger charge is 2.27. The van der Waals surface area contributed by atoms with Crippen LogP contribution in [0.3, 0.4) is 0 Å². The lowest BCUT2D eigenvalue weighted by Crippen LogP contribution is -2.36. The first-order chi connectivity index (χ1) is 11.3. The molecule has 0 aromatic heterocycles. The van der Waals surface area contributed by atoms with E-state index >= 15 is 0 Å². The number of ether oxygens (including phenoxy) is 1. The van der Waals surface area contributed by atoms with E-state index < -0.39 is 16.0 Å². The van der Waals surface area contributed by atoms with Gasteiger partial charge in [-0.3, -0.25) is 9.10 Å². The van der Waals surface area contributed by atoms with Crippen molar-refractivity contribution >= 4 is 37.6 Å². The summed E-state index contributed by atoms with van der Waals surface area (Å²) in [6, 6.07) is 13.3. The van der Waals surface area contributed by atoms with Crippen molar-refractivity contribution in [3.63, 3.8) is 0 Å². The molecule has 0 saturated heterocycles. The van der Waals surface area contributed by atoms with Gasteiger partial charge in [0.2, 0.25) is 0 Å². The highest BCUT2D eigenvalue weighted by Crippen LogP contribution is 2.25. The molecule has 2 rings (SSSR count). The van der Waals surface area contributed by atoms with Crippen LogP contribution < -0.4 is 4.31 Å². The number of carbonyl (C=O) groups is 1. The summed E-state index contributed by atoms with van der Waals surface area (Å²) < 4.78 is 32.8. The zero-order chi connectivity index (χ0) is 17.7. The van der Waals surface area contributed by atoms with E-state index in [-0.39, 0.29) is 18.0 Å². The van der Waals surface area contributed by atoms with Gasteiger partial charge in [0.15, 0.2) is 0 Å². The SMILES string of the molecule is CCOC(=O)CN(c1cccc(C)c1)S(=O)(=O)c1ccc(Br)cc1. The highest BCUT2D eigenvalue weighted by molar-refractivity contribution is 9.10. The van der Waals surface area contributed by atoms with Crippen LogP contribution in [-0.2, 0) is 19.6 Å². The van der Waals surface area contributed by atoms with Gasteiger partial charge in [0.25, 0.3) is 10.0 Å². The van der Waals surface area contributed by atoms with Crippen LogP contribution in [0.25, 0.3) is 0 Å². The predicted octanol–water partition coefficient (Wildman–Crippen LogP) is 3.52. The summed E-state index contributed by atoms with van der Waals surface area (Å²) >= 11 is 3.28. The third-order valence-electron chi connectivity index (χ3n) is 3.27. The lowest BCUT2D eigenvalue weighted by molar-refractivity contribution is -0.141. The van der Waals surface area contributed by atoms with Gasteiger partial charge in [-0.05, 0) is 55.8 Å². The van der Waals surface area contributed by atoms with Gasteiger partial charge in [0.1, 0.15) is 6.54 Å². The van der Waals surface area contributed by atoms with Crippen LogP contribution in [0.1, 0.15) is 12.5 Å². The van der Waals surface area contributed by atoms with Gasteiger partial charge in [0, 0.05) is 4.47 Å². The summed E-state index contributed by atoms with van der Waals surface area (Å²) in [5.74, 6) is -0.598. The fraction of sp³-hybridized carbons (Fsp3) is 0.235. The fourth-order valence-electron chi connectivity index (χ4n) is 2.16. The average Bonchev–Trinajstić information content (AvgIpc) is 2.53. The molecule has 0 atom stereocenters. The Morgan fingerprint density at radius 2 is 1.83 bits per heavy atom. The summed E-state index contributed by atoms with van der Waals surface area (Å²) in [6.45, 7) is 3.35. The lowest BCUT2D eigenvalue weighted by atomic mass is 10.2. The van der Waals surface area contributed by atoms with Crippen LogP contribution in [0, 0.1) is 6.92 Å². The van der Waals surface area contributed by atoms with Crippen molar-refractivity contribution in [2.45, 2.75) is 18.7 Å². The van der Waals surface area contributed by atoms with Crippen molar-refractivity contribution in [1.82, 2.24) is 0 Å². The van der Waals surface area contributed by atoms with Crippen molar-refractivity contribution in [2.75, 3.05) is 17.5 Å². The molecular formula is C17H18BrNO4S. The summed E-state index contributed by atoms with van der Waals surface area (Å²) in [7, 11) is -3.89. The predicted molar refractivity (Wildman–Crippen MR) is 96.5 cm³/mol. The maximum absolute atomic E-state index is 13.0. The Hall–Kier alpha value is -1.86. The van der Waals surface area contributed by atoms with E-state index in [9.17, 15) is 13.2 Å². The molecule has 7 heteroatoms. The van der Waals surface area contributed by atoms with Crippen molar-refractivity contribution < 1.29 is 17.9 Å². The van der Waals surface area contributed by atoms with Gasteiger partial charge in [-0.2, -0.15) is 0 Å². The summed E-state index contributed by atoms with van der Waals surface area (Å²) in [6.07, 6.45) is 0. The number of anilines is 1. The highest BCUT2D eigenvalue weighted by atomic mass is 79.9. The first kappa shape index (κ1) is 18.5. The summed E-state index contributed by atoms with van der Waals surface area (Å²) in [5, 5.41) is 0. The maximum Gasteiger partial charge on any atom is 0.326 e. The molecule has 2 aromatic rings. The molecule has 0 spiro atoms. The minimum atomic E-state index is -3.89. The van der Waals surface area contributed by atoms with Gasteiger partial charge in [-0.25, -0.2) is 8.42 Å². The molecule has 0 unspecified atom stereocenters. The number of hydrogen-bond donors (Lipinski definition) is 0. The largest absolute Gasteiger partial charge is 0.465 e. The smallest absolute Gasteiger partial charge is 0.326 e. The number of aryl methyl sites for hydroxylation is 1. The van der Waals surface area contributed by atoms with Crippen molar-refractivity contribution in [3.8, 4) is 0 Å². The number of rotatable bonds is 6. The van der Waals surface area contributed by atoms with E-state index in [0.29, 0.717) is 5.69 Å². The zero-order valence-electron chi connectivity index (χ0n) is 13.4. The Morgan fingerprint density at radius 3 is 2.42 bits per heavy atom. The molecule has 0 fully saturated rings. The van der Waals surface area contributed by atoms with E-state index in [1.807, 2.05) is 13.0 Å². The normalized spacial score (nSPS) is 11.1. The van der Waals surface area contributed by atoms with E-state index in [1.54, 1.807) is 37.3 Å². The summed E-state index contributed by atoms with van der Waals surface area (Å²) in [4.78, 5) is 12.0. The molecule has 0 saturated carbocycles. The van der Waals surface area contributed by atoms with Gasteiger partial charge in [-0.1, -0.05) is 28.1 Å². The summed E-state index contributed by atoms with van der Waals surface area (Å²) in [5.41, 5.74) is 1.32. The number of benzene rings is 2. The molecule has 0 radical (unpaired) electrons.